The molecule has 1 N–H and O–H groups in total. The molecule has 0 unspecified atom stereocenters. The van der Waals surface area contributed by atoms with Crippen LogP contribution in [0.25, 0.3) is 0 Å². The highest BCUT2D eigenvalue weighted by molar-refractivity contribution is 5.46. The summed E-state index contributed by atoms with van der Waals surface area (Å²) < 4.78 is 22.3. The van der Waals surface area contributed by atoms with Crippen molar-refractivity contribution in [2.45, 2.75) is 25.6 Å². The Labute approximate surface area is 219 Å². The second-order valence-electron chi connectivity index (χ2n) is 9.12. The topological polar surface area (TPSA) is 64.3 Å². The Balaban J connectivity index is 1.65. The summed E-state index contributed by atoms with van der Waals surface area (Å²) in [7, 11) is 4.95. The Kier molecular flexibility index (Phi) is 8.66. The molecule has 4 rings (SSSR count). The minimum Gasteiger partial charge on any atom is -0.497 e. The van der Waals surface area contributed by atoms with Crippen LogP contribution in [-0.4, -0.2) is 44.5 Å². The molecular weight excluding hydrogens is 466 g/mol. The van der Waals surface area contributed by atoms with Crippen molar-refractivity contribution in [3.05, 3.63) is 119 Å². The number of ether oxygens (including phenoxy) is 3. The third kappa shape index (κ3) is 6.23. The Morgan fingerprint density at radius 1 is 0.730 bits per heavy atom. The first-order valence-corrected chi connectivity index (χ1v) is 12.3. The highest BCUT2D eigenvalue weighted by atomic mass is 16.5. The zero-order chi connectivity index (χ0) is 26.3. The standard InChI is InChI=1S/C31H35NO5/c1-23-5-7-24(8-6-23)21-32(19-20-34-2)22-29-17-18-30(37-29)31(33,25-9-13-27(35-3)14-10-25)26-11-15-28(36-4)16-12-26/h5-18,33H,19-22H2,1-4H3. The van der Waals surface area contributed by atoms with Gasteiger partial charge in [0.1, 0.15) is 23.0 Å². The van der Waals surface area contributed by atoms with Crippen LogP contribution >= 0.6 is 0 Å². The summed E-state index contributed by atoms with van der Waals surface area (Å²) in [4.78, 5) is 2.27. The van der Waals surface area contributed by atoms with E-state index < -0.39 is 5.60 Å². The predicted molar refractivity (Wildman–Crippen MR) is 144 cm³/mol. The van der Waals surface area contributed by atoms with Crippen LogP contribution < -0.4 is 9.47 Å². The van der Waals surface area contributed by atoms with Crippen molar-refractivity contribution < 1.29 is 23.7 Å². The predicted octanol–water partition coefficient (Wildman–Crippen LogP) is 5.54. The average Bonchev–Trinajstić information content (AvgIpc) is 3.41. The highest BCUT2D eigenvalue weighted by Gasteiger charge is 2.37. The summed E-state index contributed by atoms with van der Waals surface area (Å²) in [6, 6.07) is 27.1. The van der Waals surface area contributed by atoms with Crippen LogP contribution in [0.5, 0.6) is 11.5 Å². The number of aliphatic hydroxyl groups is 1. The van der Waals surface area contributed by atoms with Gasteiger partial charge in [-0.1, -0.05) is 54.1 Å². The van der Waals surface area contributed by atoms with Crippen molar-refractivity contribution in [1.82, 2.24) is 4.90 Å². The van der Waals surface area contributed by atoms with Gasteiger partial charge in [0.2, 0.25) is 0 Å². The van der Waals surface area contributed by atoms with Crippen LogP contribution in [0.3, 0.4) is 0 Å². The second kappa shape index (κ2) is 12.1. The van der Waals surface area contributed by atoms with Gasteiger partial charge in [0, 0.05) is 20.2 Å². The van der Waals surface area contributed by atoms with Gasteiger partial charge in [-0.15, -0.1) is 0 Å². The number of rotatable bonds is 12. The number of hydrogen-bond acceptors (Lipinski definition) is 6. The lowest BCUT2D eigenvalue weighted by Crippen LogP contribution is -2.28. The fourth-order valence-corrected chi connectivity index (χ4v) is 4.38. The van der Waals surface area contributed by atoms with E-state index in [0.29, 0.717) is 41.5 Å². The molecule has 0 spiro atoms. The Bertz CT molecular complexity index is 1200. The van der Waals surface area contributed by atoms with Crippen LogP contribution in [0, 0.1) is 6.92 Å². The molecule has 6 heteroatoms. The molecule has 0 atom stereocenters. The molecule has 1 heterocycles. The molecular formula is C31H35NO5. The minimum atomic E-state index is -1.49. The minimum absolute atomic E-state index is 0.444. The Morgan fingerprint density at radius 2 is 1.30 bits per heavy atom. The van der Waals surface area contributed by atoms with Gasteiger partial charge in [-0.25, -0.2) is 0 Å². The molecule has 0 saturated carbocycles. The number of benzene rings is 3. The summed E-state index contributed by atoms with van der Waals surface area (Å²) in [6.45, 7) is 4.80. The van der Waals surface area contributed by atoms with E-state index in [2.05, 4.69) is 36.1 Å². The molecule has 194 valence electrons. The maximum Gasteiger partial charge on any atom is 0.173 e. The van der Waals surface area contributed by atoms with E-state index in [1.807, 2.05) is 60.7 Å². The zero-order valence-corrected chi connectivity index (χ0v) is 21.9. The maximum atomic E-state index is 12.2. The molecule has 6 nitrogen and oxygen atoms in total. The Hall–Kier alpha value is -3.58. The molecule has 0 saturated heterocycles. The number of hydrogen-bond donors (Lipinski definition) is 1. The largest absolute Gasteiger partial charge is 0.497 e. The van der Waals surface area contributed by atoms with Crippen LogP contribution in [-0.2, 0) is 23.4 Å². The number of methoxy groups -OCH3 is 3. The lowest BCUT2D eigenvalue weighted by Gasteiger charge is -2.28. The van der Waals surface area contributed by atoms with Crippen LogP contribution in [0.2, 0.25) is 0 Å². The molecule has 4 aromatic rings. The lowest BCUT2D eigenvalue weighted by atomic mass is 9.84. The second-order valence-corrected chi connectivity index (χ2v) is 9.12. The van der Waals surface area contributed by atoms with E-state index in [4.69, 9.17) is 18.6 Å². The van der Waals surface area contributed by atoms with Crippen molar-refractivity contribution in [2.24, 2.45) is 0 Å². The summed E-state index contributed by atoms with van der Waals surface area (Å²) in [5.41, 5.74) is 2.32. The third-order valence-corrected chi connectivity index (χ3v) is 6.55. The van der Waals surface area contributed by atoms with Crippen molar-refractivity contribution in [3.63, 3.8) is 0 Å². The van der Waals surface area contributed by atoms with Gasteiger partial charge in [-0.3, -0.25) is 4.90 Å². The summed E-state index contributed by atoms with van der Waals surface area (Å²) >= 11 is 0. The van der Waals surface area contributed by atoms with Gasteiger partial charge in [-0.05, 0) is 60.0 Å². The van der Waals surface area contributed by atoms with Gasteiger partial charge in [0.05, 0.1) is 27.4 Å². The molecule has 0 radical (unpaired) electrons. The lowest BCUT2D eigenvalue weighted by molar-refractivity contribution is 0.0931. The first-order valence-electron chi connectivity index (χ1n) is 12.3. The molecule has 1 aromatic heterocycles. The number of nitrogens with zero attached hydrogens (tertiary/aromatic N) is 1. The van der Waals surface area contributed by atoms with E-state index in [-0.39, 0.29) is 0 Å². The molecule has 0 fully saturated rings. The van der Waals surface area contributed by atoms with Gasteiger partial charge in [-0.2, -0.15) is 0 Å². The fraction of sp³-hybridized carbons (Fsp3) is 0.290. The van der Waals surface area contributed by atoms with Gasteiger partial charge < -0.3 is 23.7 Å². The average molecular weight is 502 g/mol. The van der Waals surface area contributed by atoms with Crippen molar-refractivity contribution in [2.75, 3.05) is 34.5 Å². The molecule has 0 amide bonds. The molecule has 0 aliphatic rings. The van der Waals surface area contributed by atoms with Crippen LogP contribution in [0.1, 0.15) is 33.8 Å². The summed E-state index contributed by atoms with van der Waals surface area (Å²) in [5.74, 6) is 2.63. The Morgan fingerprint density at radius 3 is 1.81 bits per heavy atom. The van der Waals surface area contributed by atoms with Gasteiger partial charge >= 0.3 is 0 Å². The number of aryl methyl sites for hydroxylation is 1. The molecule has 37 heavy (non-hydrogen) atoms. The summed E-state index contributed by atoms with van der Waals surface area (Å²) in [6.07, 6.45) is 0. The maximum absolute atomic E-state index is 12.2. The quantitative estimate of drug-likeness (QED) is 0.275. The summed E-state index contributed by atoms with van der Waals surface area (Å²) in [5, 5.41) is 12.2. The first-order chi connectivity index (χ1) is 18.0. The molecule has 0 bridgehead atoms. The number of furan rings is 1. The van der Waals surface area contributed by atoms with E-state index >= 15 is 0 Å². The molecule has 0 aliphatic carbocycles. The smallest absolute Gasteiger partial charge is 0.173 e. The van der Waals surface area contributed by atoms with E-state index in [1.54, 1.807) is 21.3 Å². The van der Waals surface area contributed by atoms with Crippen LogP contribution in [0.15, 0.2) is 89.3 Å². The van der Waals surface area contributed by atoms with E-state index in [9.17, 15) is 5.11 Å². The SMILES string of the molecule is COCCN(Cc1ccc(C)cc1)Cc1ccc(C(O)(c2ccc(OC)cc2)c2ccc(OC)cc2)o1. The van der Waals surface area contributed by atoms with Gasteiger partial charge in [0.15, 0.2) is 5.60 Å². The van der Waals surface area contributed by atoms with Crippen molar-refractivity contribution in [1.29, 1.82) is 0 Å². The van der Waals surface area contributed by atoms with Crippen molar-refractivity contribution >= 4 is 0 Å². The fourth-order valence-electron chi connectivity index (χ4n) is 4.38. The van der Waals surface area contributed by atoms with Gasteiger partial charge in [0.25, 0.3) is 0 Å². The third-order valence-electron chi connectivity index (χ3n) is 6.55. The molecule has 0 aliphatic heterocycles. The highest BCUT2D eigenvalue weighted by Crippen LogP contribution is 2.39. The van der Waals surface area contributed by atoms with Crippen molar-refractivity contribution in [3.8, 4) is 11.5 Å². The molecule has 3 aromatic carbocycles. The van der Waals surface area contributed by atoms with E-state index in [0.717, 1.165) is 18.8 Å². The first kappa shape index (κ1) is 26.5. The monoisotopic (exact) mass is 501 g/mol. The zero-order valence-electron chi connectivity index (χ0n) is 21.9. The van der Waals surface area contributed by atoms with E-state index in [1.165, 1.54) is 11.1 Å². The van der Waals surface area contributed by atoms with Crippen LogP contribution in [0.4, 0.5) is 0 Å². The normalized spacial score (nSPS) is 11.6.